The van der Waals surface area contributed by atoms with Gasteiger partial charge in [0.05, 0.1) is 4.88 Å². The van der Waals surface area contributed by atoms with E-state index >= 15 is 0 Å². The van der Waals surface area contributed by atoms with Crippen molar-refractivity contribution < 1.29 is 9.63 Å². The van der Waals surface area contributed by atoms with Crippen molar-refractivity contribution in [1.82, 2.24) is 10.1 Å². The van der Waals surface area contributed by atoms with Gasteiger partial charge in [-0.3, -0.25) is 0 Å². The van der Waals surface area contributed by atoms with E-state index < -0.39 is 6.10 Å². The van der Waals surface area contributed by atoms with Crippen LogP contribution in [0.4, 0.5) is 0 Å². The summed E-state index contributed by atoms with van der Waals surface area (Å²) in [5.41, 5.74) is 0. The molecule has 0 radical (unpaired) electrons. The third-order valence-corrected chi connectivity index (χ3v) is 3.24. The summed E-state index contributed by atoms with van der Waals surface area (Å²) >= 11 is 1.60. The molecule has 0 saturated heterocycles. The maximum Gasteiger partial charge on any atom is 0.268 e. The molecule has 2 rings (SSSR count). The van der Waals surface area contributed by atoms with Crippen LogP contribution in [0.2, 0.25) is 0 Å². The van der Waals surface area contributed by atoms with Crippen molar-refractivity contribution >= 4 is 11.3 Å². The molecule has 0 fully saturated rings. The van der Waals surface area contributed by atoms with Crippen LogP contribution in [-0.4, -0.2) is 15.2 Å². The summed E-state index contributed by atoms with van der Waals surface area (Å²) < 4.78 is 5.12. The van der Waals surface area contributed by atoms with Gasteiger partial charge < -0.3 is 9.63 Å². The highest BCUT2D eigenvalue weighted by Gasteiger charge is 2.16. The van der Waals surface area contributed by atoms with Crippen molar-refractivity contribution in [2.45, 2.75) is 32.8 Å². The Morgan fingerprint density at radius 3 is 2.94 bits per heavy atom. The molecule has 0 aliphatic carbocycles. The first-order valence-corrected chi connectivity index (χ1v) is 6.11. The Balaban J connectivity index is 2.19. The molecule has 4 nitrogen and oxygen atoms in total. The maximum absolute atomic E-state index is 9.70. The monoisotopic (exact) mass is 238 g/mol. The average Bonchev–Trinajstić information content (AvgIpc) is 2.85. The van der Waals surface area contributed by atoms with Crippen molar-refractivity contribution in [3.8, 4) is 10.8 Å². The molecule has 0 bridgehead atoms. The van der Waals surface area contributed by atoms with Crippen molar-refractivity contribution in [1.29, 1.82) is 0 Å². The molecular formula is C11H14N2O2S. The number of aliphatic hydroxyl groups is 1. The average molecular weight is 238 g/mol. The zero-order valence-corrected chi connectivity index (χ0v) is 10.1. The molecule has 1 unspecified atom stereocenters. The van der Waals surface area contributed by atoms with Gasteiger partial charge in [0.2, 0.25) is 5.82 Å². The maximum atomic E-state index is 9.70. The van der Waals surface area contributed by atoms with Crippen LogP contribution in [0.1, 0.15) is 36.6 Å². The normalized spacial score (nSPS) is 12.9. The van der Waals surface area contributed by atoms with Crippen LogP contribution >= 0.6 is 11.3 Å². The molecule has 0 saturated carbocycles. The van der Waals surface area contributed by atoms with E-state index in [0.717, 1.165) is 11.3 Å². The molecule has 1 N–H and O–H groups in total. The van der Waals surface area contributed by atoms with Gasteiger partial charge in [0.25, 0.3) is 5.89 Å². The van der Waals surface area contributed by atoms with Crippen LogP contribution in [0.5, 0.6) is 0 Å². The Hall–Kier alpha value is -1.20. The van der Waals surface area contributed by atoms with Crippen LogP contribution < -0.4 is 0 Å². The lowest BCUT2D eigenvalue weighted by molar-refractivity contribution is 0.153. The first kappa shape index (κ1) is 11.3. The fourth-order valence-electron chi connectivity index (χ4n) is 1.42. The molecule has 2 aromatic heterocycles. The number of aliphatic hydroxyl groups excluding tert-OH is 1. The minimum absolute atomic E-state index is 0.378. The summed E-state index contributed by atoms with van der Waals surface area (Å²) in [4.78, 5) is 6.34. The third-order valence-electron chi connectivity index (χ3n) is 2.25. The van der Waals surface area contributed by atoms with E-state index in [-0.39, 0.29) is 0 Å². The van der Waals surface area contributed by atoms with E-state index in [2.05, 4.69) is 10.1 Å². The fourth-order valence-corrected chi connectivity index (χ4v) is 2.21. The van der Waals surface area contributed by atoms with Crippen molar-refractivity contribution in [2.75, 3.05) is 0 Å². The summed E-state index contributed by atoms with van der Waals surface area (Å²) in [6.45, 7) is 4.03. The highest BCUT2D eigenvalue weighted by atomic mass is 32.1. The molecule has 5 heteroatoms. The minimum Gasteiger partial charge on any atom is -0.385 e. The minimum atomic E-state index is -0.622. The first-order valence-electron chi connectivity index (χ1n) is 5.29. The van der Waals surface area contributed by atoms with Crippen molar-refractivity contribution in [3.05, 3.63) is 22.8 Å². The Labute approximate surface area is 97.9 Å². The SMILES string of the molecule is CCCC(O)c1noc(-c2ccc(C)s2)n1. The zero-order valence-electron chi connectivity index (χ0n) is 9.30. The van der Waals surface area contributed by atoms with E-state index in [0.29, 0.717) is 18.1 Å². The Bertz CT molecular complexity index is 464. The summed E-state index contributed by atoms with van der Waals surface area (Å²) in [6.07, 6.45) is 0.926. The molecule has 0 aromatic carbocycles. The third kappa shape index (κ3) is 2.31. The van der Waals surface area contributed by atoms with Gasteiger partial charge in [0.1, 0.15) is 6.10 Å². The Kier molecular flexibility index (Phi) is 3.36. The van der Waals surface area contributed by atoms with Gasteiger partial charge >= 0.3 is 0 Å². The lowest BCUT2D eigenvalue weighted by Crippen LogP contribution is -1.98. The fraction of sp³-hybridized carbons (Fsp3) is 0.455. The van der Waals surface area contributed by atoms with E-state index in [1.807, 2.05) is 26.0 Å². The van der Waals surface area contributed by atoms with Gasteiger partial charge in [0.15, 0.2) is 0 Å². The molecule has 1 atom stereocenters. The van der Waals surface area contributed by atoms with Crippen LogP contribution in [-0.2, 0) is 0 Å². The number of hydrogen-bond donors (Lipinski definition) is 1. The zero-order chi connectivity index (χ0) is 11.5. The summed E-state index contributed by atoms with van der Waals surface area (Å²) in [6, 6.07) is 3.95. The topological polar surface area (TPSA) is 59.2 Å². The highest BCUT2D eigenvalue weighted by Crippen LogP contribution is 2.27. The predicted octanol–water partition coefficient (Wildman–Crippen LogP) is 2.94. The molecule has 0 amide bonds. The lowest BCUT2D eigenvalue weighted by Gasteiger charge is -2.00. The number of hydrogen-bond acceptors (Lipinski definition) is 5. The number of aryl methyl sites for hydroxylation is 1. The molecular weight excluding hydrogens is 224 g/mol. The smallest absolute Gasteiger partial charge is 0.268 e. The number of aromatic nitrogens is 2. The van der Waals surface area contributed by atoms with Gasteiger partial charge in [-0.1, -0.05) is 18.5 Å². The number of nitrogens with zero attached hydrogens (tertiary/aromatic N) is 2. The van der Waals surface area contributed by atoms with E-state index in [1.54, 1.807) is 11.3 Å². The van der Waals surface area contributed by atoms with E-state index in [9.17, 15) is 5.11 Å². The molecule has 0 spiro atoms. The second-order valence-electron chi connectivity index (χ2n) is 3.67. The molecule has 2 heterocycles. The van der Waals surface area contributed by atoms with Gasteiger partial charge in [-0.15, -0.1) is 11.3 Å². The standard InChI is InChI=1S/C11H14N2O2S/c1-3-4-8(14)10-12-11(15-13-10)9-6-5-7(2)16-9/h5-6,8,14H,3-4H2,1-2H3. The molecule has 0 aliphatic heterocycles. The molecule has 86 valence electrons. The second kappa shape index (κ2) is 4.76. The second-order valence-corrected chi connectivity index (χ2v) is 4.96. The molecule has 2 aromatic rings. The van der Waals surface area contributed by atoms with Gasteiger partial charge in [0, 0.05) is 4.88 Å². The van der Waals surface area contributed by atoms with Crippen LogP contribution in [0.25, 0.3) is 10.8 Å². The number of rotatable bonds is 4. The highest BCUT2D eigenvalue weighted by molar-refractivity contribution is 7.15. The van der Waals surface area contributed by atoms with Crippen molar-refractivity contribution in [3.63, 3.8) is 0 Å². The molecule has 0 aliphatic rings. The lowest BCUT2D eigenvalue weighted by atomic mass is 10.2. The van der Waals surface area contributed by atoms with Crippen LogP contribution in [0, 0.1) is 6.92 Å². The predicted molar refractivity (Wildman–Crippen MR) is 62.2 cm³/mol. The van der Waals surface area contributed by atoms with Gasteiger partial charge in [-0.25, -0.2) is 0 Å². The molecule has 16 heavy (non-hydrogen) atoms. The summed E-state index contributed by atoms with van der Waals surface area (Å²) in [7, 11) is 0. The quantitative estimate of drug-likeness (QED) is 0.889. The van der Waals surface area contributed by atoms with Gasteiger partial charge in [-0.05, 0) is 25.5 Å². The van der Waals surface area contributed by atoms with Gasteiger partial charge in [-0.2, -0.15) is 4.98 Å². The summed E-state index contributed by atoms with van der Waals surface area (Å²) in [5, 5.41) is 13.5. The van der Waals surface area contributed by atoms with E-state index in [4.69, 9.17) is 4.52 Å². The summed E-state index contributed by atoms with van der Waals surface area (Å²) in [5.74, 6) is 0.867. The van der Waals surface area contributed by atoms with Crippen LogP contribution in [0.3, 0.4) is 0 Å². The Morgan fingerprint density at radius 1 is 1.50 bits per heavy atom. The first-order chi connectivity index (χ1) is 7.70. The van der Waals surface area contributed by atoms with Crippen LogP contribution in [0.15, 0.2) is 16.7 Å². The largest absolute Gasteiger partial charge is 0.385 e. The Morgan fingerprint density at radius 2 is 2.31 bits per heavy atom. The number of thiophene rings is 1. The van der Waals surface area contributed by atoms with E-state index in [1.165, 1.54) is 4.88 Å². The van der Waals surface area contributed by atoms with Crippen molar-refractivity contribution in [2.24, 2.45) is 0 Å².